The lowest BCUT2D eigenvalue weighted by Crippen LogP contribution is -2.50. The first-order valence-corrected chi connectivity index (χ1v) is 9.19. The number of hydrogen-bond donors (Lipinski definition) is 2. The van der Waals surface area contributed by atoms with Gasteiger partial charge in [-0.3, -0.25) is 4.90 Å². The van der Waals surface area contributed by atoms with E-state index in [1.54, 1.807) is 0 Å². The number of nitrogens with zero attached hydrogens (tertiary/aromatic N) is 2. The van der Waals surface area contributed by atoms with E-state index in [0.717, 1.165) is 39.1 Å². The molecule has 2 atom stereocenters. The number of carbonyl (C=O) groups excluding carboxylic acids is 1. The Bertz CT molecular complexity index is 485. The van der Waals surface area contributed by atoms with E-state index in [9.17, 15) is 4.79 Å². The standard InChI is InChI=1S/C19H32N4O/c1-4-16(3)21-19(24)20-15-18(17-9-7-6-8-10-17)23-13-11-22(5-2)12-14-23/h6-10,16,18H,4-5,11-15H2,1-3H3,(H2,20,21,24). The van der Waals surface area contributed by atoms with E-state index in [0.29, 0.717) is 6.54 Å². The average Bonchev–Trinajstić information content (AvgIpc) is 2.63. The summed E-state index contributed by atoms with van der Waals surface area (Å²) in [6.45, 7) is 12.3. The van der Waals surface area contributed by atoms with Gasteiger partial charge in [0, 0.05) is 38.8 Å². The summed E-state index contributed by atoms with van der Waals surface area (Å²) in [5, 5.41) is 6.04. The summed E-state index contributed by atoms with van der Waals surface area (Å²) in [4.78, 5) is 17.0. The monoisotopic (exact) mass is 332 g/mol. The molecule has 0 radical (unpaired) electrons. The van der Waals surface area contributed by atoms with E-state index >= 15 is 0 Å². The number of piperazine rings is 1. The Hall–Kier alpha value is -1.59. The second-order valence-corrected chi connectivity index (χ2v) is 6.56. The zero-order chi connectivity index (χ0) is 17.4. The molecule has 2 N–H and O–H groups in total. The molecule has 1 aliphatic rings. The molecule has 2 amide bonds. The fraction of sp³-hybridized carbons (Fsp3) is 0.632. The number of likely N-dealkylation sites (N-methyl/N-ethyl adjacent to an activating group) is 1. The lowest BCUT2D eigenvalue weighted by molar-refractivity contribution is 0.0989. The fourth-order valence-electron chi connectivity index (χ4n) is 3.09. The van der Waals surface area contributed by atoms with Crippen molar-refractivity contribution < 1.29 is 4.79 Å². The van der Waals surface area contributed by atoms with Gasteiger partial charge in [0.15, 0.2) is 0 Å². The molecule has 5 heteroatoms. The van der Waals surface area contributed by atoms with Crippen molar-refractivity contribution >= 4 is 6.03 Å². The van der Waals surface area contributed by atoms with Gasteiger partial charge in [-0.1, -0.05) is 44.2 Å². The Balaban J connectivity index is 1.98. The average molecular weight is 332 g/mol. The van der Waals surface area contributed by atoms with Crippen LogP contribution in [0.2, 0.25) is 0 Å². The van der Waals surface area contributed by atoms with Crippen LogP contribution in [0.4, 0.5) is 4.79 Å². The number of urea groups is 1. The van der Waals surface area contributed by atoms with E-state index in [1.165, 1.54) is 5.56 Å². The second kappa shape index (κ2) is 9.64. The molecule has 0 bridgehead atoms. The Labute approximate surface area is 146 Å². The predicted octanol–water partition coefficient (Wildman–Crippen LogP) is 2.46. The third-order valence-electron chi connectivity index (χ3n) is 4.93. The van der Waals surface area contributed by atoms with Crippen molar-refractivity contribution in [1.82, 2.24) is 20.4 Å². The summed E-state index contributed by atoms with van der Waals surface area (Å²) >= 11 is 0. The van der Waals surface area contributed by atoms with Crippen LogP contribution in [0.3, 0.4) is 0 Å². The highest BCUT2D eigenvalue weighted by Crippen LogP contribution is 2.21. The molecular weight excluding hydrogens is 300 g/mol. The molecule has 1 aliphatic heterocycles. The molecule has 0 aromatic heterocycles. The van der Waals surface area contributed by atoms with Crippen LogP contribution in [0.15, 0.2) is 30.3 Å². The highest BCUT2D eigenvalue weighted by molar-refractivity contribution is 5.74. The smallest absolute Gasteiger partial charge is 0.315 e. The van der Waals surface area contributed by atoms with Gasteiger partial charge < -0.3 is 15.5 Å². The molecule has 1 fully saturated rings. The lowest BCUT2D eigenvalue weighted by atomic mass is 10.0. The Morgan fingerprint density at radius 1 is 1.12 bits per heavy atom. The van der Waals surface area contributed by atoms with Crippen LogP contribution >= 0.6 is 0 Å². The molecule has 0 aliphatic carbocycles. The molecule has 134 valence electrons. The molecule has 1 aromatic rings. The zero-order valence-electron chi connectivity index (χ0n) is 15.3. The first kappa shape index (κ1) is 18.7. The van der Waals surface area contributed by atoms with E-state index < -0.39 is 0 Å². The van der Waals surface area contributed by atoms with E-state index in [4.69, 9.17) is 0 Å². The highest BCUT2D eigenvalue weighted by Gasteiger charge is 2.25. The number of hydrogen-bond acceptors (Lipinski definition) is 3. The van der Waals surface area contributed by atoms with Gasteiger partial charge >= 0.3 is 6.03 Å². The predicted molar refractivity (Wildman–Crippen MR) is 99.2 cm³/mol. The quantitative estimate of drug-likeness (QED) is 0.806. The summed E-state index contributed by atoms with van der Waals surface area (Å²) in [6, 6.07) is 10.9. The third kappa shape index (κ3) is 5.49. The largest absolute Gasteiger partial charge is 0.336 e. The van der Waals surface area contributed by atoms with Gasteiger partial charge in [-0.2, -0.15) is 0 Å². The SMILES string of the molecule is CCC(C)NC(=O)NCC(c1ccccc1)N1CCN(CC)CC1. The van der Waals surface area contributed by atoms with Gasteiger partial charge in [-0.25, -0.2) is 4.79 Å². The van der Waals surface area contributed by atoms with Gasteiger partial charge in [-0.15, -0.1) is 0 Å². The molecule has 2 rings (SSSR count). The molecule has 1 heterocycles. The number of benzene rings is 1. The molecular formula is C19H32N4O. The highest BCUT2D eigenvalue weighted by atomic mass is 16.2. The topological polar surface area (TPSA) is 47.6 Å². The van der Waals surface area contributed by atoms with Gasteiger partial charge in [0.25, 0.3) is 0 Å². The fourth-order valence-corrected chi connectivity index (χ4v) is 3.09. The van der Waals surface area contributed by atoms with E-state index in [2.05, 4.69) is 58.5 Å². The Morgan fingerprint density at radius 3 is 2.38 bits per heavy atom. The van der Waals surface area contributed by atoms with Crippen molar-refractivity contribution in [3.8, 4) is 0 Å². The summed E-state index contributed by atoms with van der Waals surface area (Å²) < 4.78 is 0. The van der Waals surface area contributed by atoms with Crippen molar-refractivity contribution in [2.45, 2.75) is 39.3 Å². The van der Waals surface area contributed by atoms with Crippen LogP contribution in [-0.4, -0.2) is 61.1 Å². The zero-order valence-corrected chi connectivity index (χ0v) is 15.3. The number of rotatable bonds is 7. The van der Waals surface area contributed by atoms with Crippen molar-refractivity contribution in [1.29, 1.82) is 0 Å². The van der Waals surface area contributed by atoms with Gasteiger partial charge in [0.05, 0.1) is 6.04 Å². The molecule has 5 nitrogen and oxygen atoms in total. The van der Waals surface area contributed by atoms with Gasteiger partial charge in [0.2, 0.25) is 0 Å². The molecule has 0 saturated carbocycles. The molecule has 1 saturated heterocycles. The van der Waals surface area contributed by atoms with E-state index in [-0.39, 0.29) is 18.1 Å². The van der Waals surface area contributed by atoms with Gasteiger partial charge in [0.1, 0.15) is 0 Å². The maximum Gasteiger partial charge on any atom is 0.315 e. The molecule has 24 heavy (non-hydrogen) atoms. The summed E-state index contributed by atoms with van der Waals surface area (Å²) in [7, 11) is 0. The summed E-state index contributed by atoms with van der Waals surface area (Å²) in [5.41, 5.74) is 1.27. The molecule has 2 unspecified atom stereocenters. The maximum atomic E-state index is 12.1. The maximum absolute atomic E-state index is 12.1. The van der Waals surface area contributed by atoms with Crippen LogP contribution in [0.1, 0.15) is 38.8 Å². The minimum absolute atomic E-state index is 0.0718. The van der Waals surface area contributed by atoms with Crippen LogP contribution in [-0.2, 0) is 0 Å². The number of amides is 2. The van der Waals surface area contributed by atoms with Crippen molar-refractivity contribution in [2.75, 3.05) is 39.3 Å². The Kier molecular flexibility index (Phi) is 7.53. The first-order chi connectivity index (χ1) is 11.6. The van der Waals surface area contributed by atoms with E-state index in [1.807, 2.05) is 13.0 Å². The minimum Gasteiger partial charge on any atom is -0.336 e. The van der Waals surface area contributed by atoms with Crippen molar-refractivity contribution in [2.24, 2.45) is 0 Å². The van der Waals surface area contributed by atoms with Gasteiger partial charge in [-0.05, 0) is 25.5 Å². The molecule has 0 spiro atoms. The lowest BCUT2D eigenvalue weighted by Gasteiger charge is -2.39. The first-order valence-electron chi connectivity index (χ1n) is 9.19. The van der Waals surface area contributed by atoms with Crippen molar-refractivity contribution in [3.05, 3.63) is 35.9 Å². The van der Waals surface area contributed by atoms with Crippen LogP contribution in [0.25, 0.3) is 0 Å². The normalized spacial score (nSPS) is 18.8. The van der Waals surface area contributed by atoms with Crippen LogP contribution < -0.4 is 10.6 Å². The molecule has 1 aromatic carbocycles. The summed E-state index contributed by atoms with van der Waals surface area (Å²) in [6.07, 6.45) is 0.939. The second-order valence-electron chi connectivity index (χ2n) is 6.56. The third-order valence-corrected chi connectivity index (χ3v) is 4.93. The van der Waals surface area contributed by atoms with Crippen molar-refractivity contribution in [3.63, 3.8) is 0 Å². The number of nitrogens with one attached hydrogen (secondary N) is 2. The number of carbonyl (C=O) groups is 1. The summed E-state index contributed by atoms with van der Waals surface area (Å²) in [5.74, 6) is 0. The van der Waals surface area contributed by atoms with Crippen LogP contribution in [0.5, 0.6) is 0 Å². The minimum atomic E-state index is -0.0718. The van der Waals surface area contributed by atoms with Crippen LogP contribution in [0, 0.1) is 0 Å². The Morgan fingerprint density at radius 2 is 1.79 bits per heavy atom.